The highest BCUT2D eigenvalue weighted by Gasteiger charge is 2.10. The molecule has 0 saturated heterocycles. The summed E-state index contributed by atoms with van der Waals surface area (Å²) in [5.74, 6) is 0. The van der Waals surface area contributed by atoms with E-state index in [1.54, 1.807) is 6.20 Å². The molecule has 0 amide bonds. The number of hydrogen-bond donors (Lipinski definition) is 1. The molecule has 0 saturated carbocycles. The Balaban J connectivity index is 2.48. The molecular weight excluding hydrogens is 222 g/mol. The van der Waals surface area contributed by atoms with Gasteiger partial charge in [0.05, 0.1) is 18.1 Å². The van der Waals surface area contributed by atoms with Crippen LogP contribution in [0.15, 0.2) is 12.4 Å². The zero-order chi connectivity index (χ0) is 10.1. The molecule has 2 aromatic rings. The normalized spacial score (nSPS) is 10.0. The number of halogens is 1. The fraction of sp³-hybridized carbons (Fsp3) is 0. The first-order chi connectivity index (χ1) is 6.70. The number of nitriles is 1. The Labute approximate surface area is 88.4 Å². The van der Waals surface area contributed by atoms with Crippen molar-refractivity contribution in [3.8, 4) is 11.2 Å². The van der Waals surface area contributed by atoms with Crippen LogP contribution in [-0.2, 0) is 0 Å². The van der Waals surface area contributed by atoms with Crippen LogP contribution in [0.1, 0.15) is 4.88 Å². The van der Waals surface area contributed by atoms with Gasteiger partial charge in [-0.05, 0) is 0 Å². The van der Waals surface area contributed by atoms with Crippen molar-refractivity contribution in [2.75, 3.05) is 5.73 Å². The summed E-state index contributed by atoms with van der Waals surface area (Å²) in [5, 5.41) is 13.3. The van der Waals surface area contributed by atoms with Gasteiger partial charge in [-0.25, -0.2) is 9.67 Å². The summed E-state index contributed by atoms with van der Waals surface area (Å²) in [6.07, 6.45) is 3.11. The lowest BCUT2D eigenvalue weighted by molar-refractivity contribution is 0.870. The van der Waals surface area contributed by atoms with Gasteiger partial charge in [0.15, 0.2) is 5.15 Å². The zero-order valence-corrected chi connectivity index (χ0v) is 8.38. The van der Waals surface area contributed by atoms with Crippen molar-refractivity contribution < 1.29 is 0 Å². The van der Waals surface area contributed by atoms with Gasteiger partial charge in [0.25, 0.3) is 0 Å². The molecule has 0 unspecified atom stereocenters. The maximum absolute atomic E-state index is 8.67. The smallest absolute Gasteiger partial charge is 0.213 e. The lowest BCUT2D eigenvalue weighted by Gasteiger charge is -1.90. The van der Waals surface area contributed by atoms with Crippen LogP contribution < -0.4 is 5.73 Å². The third-order valence-electron chi connectivity index (χ3n) is 1.47. The van der Waals surface area contributed by atoms with Gasteiger partial charge in [-0.15, -0.1) is 0 Å². The van der Waals surface area contributed by atoms with Crippen molar-refractivity contribution in [3.63, 3.8) is 0 Å². The van der Waals surface area contributed by atoms with E-state index in [1.807, 2.05) is 6.07 Å². The van der Waals surface area contributed by atoms with E-state index in [1.165, 1.54) is 22.2 Å². The van der Waals surface area contributed by atoms with E-state index in [0.717, 1.165) is 0 Å². The Morgan fingerprint density at radius 1 is 1.64 bits per heavy atom. The molecule has 2 aromatic heterocycles. The molecule has 0 radical (unpaired) electrons. The second kappa shape index (κ2) is 3.29. The van der Waals surface area contributed by atoms with Gasteiger partial charge in [0.2, 0.25) is 5.13 Å². The van der Waals surface area contributed by atoms with Crippen molar-refractivity contribution in [1.82, 2.24) is 14.8 Å². The average molecular weight is 226 g/mol. The van der Waals surface area contributed by atoms with Crippen molar-refractivity contribution in [2.45, 2.75) is 0 Å². The average Bonchev–Trinajstić information content (AvgIpc) is 2.71. The molecule has 0 fully saturated rings. The van der Waals surface area contributed by atoms with Crippen LogP contribution in [0.4, 0.5) is 5.69 Å². The van der Waals surface area contributed by atoms with Gasteiger partial charge < -0.3 is 5.73 Å². The van der Waals surface area contributed by atoms with Crippen molar-refractivity contribution in [1.29, 1.82) is 5.26 Å². The van der Waals surface area contributed by atoms with Crippen LogP contribution in [0.3, 0.4) is 0 Å². The zero-order valence-electron chi connectivity index (χ0n) is 6.81. The number of aromatic nitrogens is 3. The van der Waals surface area contributed by atoms with E-state index in [0.29, 0.717) is 15.7 Å². The van der Waals surface area contributed by atoms with Gasteiger partial charge in [0, 0.05) is 0 Å². The van der Waals surface area contributed by atoms with E-state index in [-0.39, 0.29) is 5.15 Å². The number of anilines is 1. The minimum Gasteiger partial charge on any atom is -0.396 e. The van der Waals surface area contributed by atoms with Crippen molar-refractivity contribution in [3.05, 3.63) is 22.4 Å². The molecule has 0 spiro atoms. The van der Waals surface area contributed by atoms with Gasteiger partial charge in [0.1, 0.15) is 10.9 Å². The molecule has 2 N–H and O–H groups in total. The lowest BCUT2D eigenvalue weighted by atomic mass is 10.6. The minimum absolute atomic E-state index is 0.196. The third-order valence-corrected chi connectivity index (χ3v) is 2.81. The van der Waals surface area contributed by atoms with Gasteiger partial charge in [-0.2, -0.15) is 10.4 Å². The van der Waals surface area contributed by atoms with Crippen LogP contribution in [0.2, 0.25) is 5.15 Å². The van der Waals surface area contributed by atoms with E-state index < -0.39 is 0 Å². The lowest BCUT2D eigenvalue weighted by Crippen LogP contribution is -1.92. The number of nitrogen functional groups attached to an aromatic ring is 1. The topological polar surface area (TPSA) is 80.5 Å². The minimum atomic E-state index is 0.196. The summed E-state index contributed by atoms with van der Waals surface area (Å²) in [6, 6.07) is 1.94. The van der Waals surface area contributed by atoms with Crippen LogP contribution in [0, 0.1) is 11.3 Å². The highest BCUT2D eigenvalue weighted by molar-refractivity contribution is 7.15. The molecule has 70 valence electrons. The fourth-order valence-electron chi connectivity index (χ4n) is 0.899. The predicted molar refractivity (Wildman–Crippen MR) is 53.4 cm³/mol. The first-order valence-electron chi connectivity index (χ1n) is 3.57. The molecule has 2 heterocycles. The van der Waals surface area contributed by atoms with Crippen LogP contribution in [0.5, 0.6) is 0 Å². The van der Waals surface area contributed by atoms with Crippen molar-refractivity contribution in [2.24, 2.45) is 0 Å². The molecule has 0 aliphatic heterocycles. The Hall–Kier alpha value is -1.58. The standard InChI is InChI=1S/C7H4ClN5S/c8-6-5(1-9)14-7(12-6)13-3-4(10)2-11-13/h2-3H,10H2. The van der Waals surface area contributed by atoms with Gasteiger partial charge in [-0.1, -0.05) is 22.9 Å². The predicted octanol–water partition coefficient (Wildman–Crippen LogP) is 1.44. The largest absolute Gasteiger partial charge is 0.396 e. The van der Waals surface area contributed by atoms with Crippen LogP contribution in [-0.4, -0.2) is 14.8 Å². The second-order valence-electron chi connectivity index (χ2n) is 2.45. The third kappa shape index (κ3) is 1.43. The molecule has 0 bridgehead atoms. The molecule has 7 heteroatoms. The number of rotatable bonds is 1. The summed E-state index contributed by atoms with van der Waals surface area (Å²) < 4.78 is 1.48. The highest BCUT2D eigenvalue weighted by Crippen LogP contribution is 2.24. The molecule has 2 rings (SSSR count). The van der Waals surface area contributed by atoms with Gasteiger partial charge >= 0.3 is 0 Å². The molecule has 0 aliphatic carbocycles. The van der Waals surface area contributed by atoms with Crippen LogP contribution in [0.25, 0.3) is 5.13 Å². The molecule has 5 nitrogen and oxygen atoms in total. The number of hydrogen-bond acceptors (Lipinski definition) is 5. The van der Waals surface area contributed by atoms with E-state index >= 15 is 0 Å². The fourth-order valence-corrected chi connectivity index (χ4v) is 1.88. The van der Waals surface area contributed by atoms with Crippen LogP contribution >= 0.6 is 22.9 Å². The Kier molecular flexibility index (Phi) is 2.11. The first-order valence-corrected chi connectivity index (χ1v) is 4.77. The maximum Gasteiger partial charge on any atom is 0.213 e. The van der Waals surface area contributed by atoms with E-state index in [4.69, 9.17) is 22.6 Å². The summed E-state index contributed by atoms with van der Waals surface area (Å²) in [5.41, 5.74) is 6.03. The summed E-state index contributed by atoms with van der Waals surface area (Å²) in [7, 11) is 0. The monoisotopic (exact) mass is 225 g/mol. The van der Waals surface area contributed by atoms with E-state index in [9.17, 15) is 0 Å². The molecule has 0 aliphatic rings. The molecule has 14 heavy (non-hydrogen) atoms. The van der Waals surface area contributed by atoms with E-state index in [2.05, 4.69) is 10.1 Å². The molecule has 0 atom stereocenters. The highest BCUT2D eigenvalue weighted by atomic mass is 35.5. The Bertz CT molecular complexity index is 508. The number of nitrogens with two attached hydrogens (primary N) is 1. The summed E-state index contributed by atoms with van der Waals surface area (Å²) in [6.45, 7) is 0. The second-order valence-corrected chi connectivity index (χ2v) is 3.78. The SMILES string of the molecule is N#Cc1sc(-n2cc(N)cn2)nc1Cl. The molecule has 0 aromatic carbocycles. The Morgan fingerprint density at radius 3 is 2.93 bits per heavy atom. The summed E-state index contributed by atoms with van der Waals surface area (Å²) >= 11 is 6.87. The van der Waals surface area contributed by atoms with Gasteiger partial charge in [-0.3, -0.25) is 0 Å². The number of nitrogens with zero attached hydrogens (tertiary/aromatic N) is 4. The number of thiazole rings is 1. The maximum atomic E-state index is 8.67. The summed E-state index contributed by atoms with van der Waals surface area (Å²) in [4.78, 5) is 4.34. The first kappa shape index (κ1) is 8.99. The van der Waals surface area contributed by atoms with Crippen molar-refractivity contribution >= 4 is 28.6 Å². The molecular formula is C7H4ClN5S. The Morgan fingerprint density at radius 2 is 2.43 bits per heavy atom. The quantitative estimate of drug-likeness (QED) is 0.796.